The first-order valence-corrected chi connectivity index (χ1v) is 19.8. The summed E-state index contributed by atoms with van der Waals surface area (Å²) in [6.07, 6.45) is 0. The molecule has 10 aromatic carbocycles. The molecule has 0 amide bonds. The smallest absolute Gasteiger partial charge is 0.165 e. The molecule has 0 unspecified atom stereocenters. The fourth-order valence-corrected chi connectivity index (χ4v) is 9.49. The number of rotatable bonds is 3. The number of nitrogens with zero attached hydrogens (tertiary/aromatic N) is 4. The van der Waals surface area contributed by atoms with Crippen LogP contribution >= 0.6 is 0 Å². The van der Waals surface area contributed by atoms with Crippen LogP contribution in [0.4, 0.5) is 0 Å². The van der Waals surface area contributed by atoms with Gasteiger partial charge in [-0.1, -0.05) is 133 Å². The van der Waals surface area contributed by atoms with Crippen LogP contribution < -0.4 is 0 Å². The van der Waals surface area contributed by atoms with Crippen LogP contribution in [0.1, 0.15) is 0 Å². The minimum atomic E-state index is 0.805. The van der Waals surface area contributed by atoms with Gasteiger partial charge in [0, 0.05) is 32.8 Å². The highest BCUT2D eigenvalue weighted by molar-refractivity contribution is 6.16. The highest BCUT2D eigenvalue weighted by Gasteiger charge is 2.22. The van der Waals surface area contributed by atoms with E-state index in [2.05, 4.69) is 191 Å². The van der Waals surface area contributed by atoms with Crippen LogP contribution in [0, 0.1) is 0 Å². The molecule has 0 aliphatic rings. The van der Waals surface area contributed by atoms with E-state index in [-0.39, 0.29) is 0 Å². The van der Waals surface area contributed by atoms with Crippen molar-refractivity contribution in [3.05, 3.63) is 194 Å². The molecule has 13 aromatic rings. The van der Waals surface area contributed by atoms with Crippen molar-refractivity contribution in [2.75, 3.05) is 0 Å². The third-order valence-electron chi connectivity index (χ3n) is 12.2. The zero-order chi connectivity index (χ0) is 37.9. The van der Waals surface area contributed by atoms with Gasteiger partial charge >= 0.3 is 0 Å². The Labute approximate surface area is 332 Å². The van der Waals surface area contributed by atoms with Crippen LogP contribution in [0.3, 0.4) is 0 Å². The van der Waals surface area contributed by atoms with Gasteiger partial charge in [0.1, 0.15) is 5.69 Å². The normalized spacial score (nSPS) is 12.1. The Bertz CT molecular complexity index is 3870. The van der Waals surface area contributed by atoms with Gasteiger partial charge in [-0.15, -0.1) is 0 Å². The summed E-state index contributed by atoms with van der Waals surface area (Å²) in [5.41, 5.74) is 9.21. The summed E-state index contributed by atoms with van der Waals surface area (Å²) in [5.74, 6) is 0.805. The highest BCUT2D eigenvalue weighted by Crippen LogP contribution is 2.41. The van der Waals surface area contributed by atoms with Crippen molar-refractivity contribution in [1.29, 1.82) is 0 Å². The number of fused-ring (bicyclic) bond motifs is 12. The molecule has 0 N–H and O–H groups in total. The number of para-hydroxylation sites is 3. The molecule has 0 aliphatic heterocycles. The second kappa shape index (κ2) is 11.8. The van der Waals surface area contributed by atoms with Crippen molar-refractivity contribution >= 4 is 97.7 Å². The van der Waals surface area contributed by atoms with Gasteiger partial charge in [0.2, 0.25) is 0 Å². The summed E-state index contributed by atoms with van der Waals surface area (Å²) in [7, 11) is 0. The van der Waals surface area contributed by atoms with E-state index < -0.39 is 0 Å². The molecule has 0 saturated heterocycles. The van der Waals surface area contributed by atoms with Gasteiger partial charge in [0.15, 0.2) is 5.82 Å². The van der Waals surface area contributed by atoms with Gasteiger partial charge in [-0.3, -0.25) is 4.57 Å². The second-order valence-corrected chi connectivity index (χ2v) is 15.4. The summed E-state index contributed by atoms with van der Waals surface area (Å²) in [6.45, 7) is 0. The van der Waals surface area contributed by atoms with E-state index in [1.807, 2.05) is 12.1 Å². The summed E-state index contributed by atoms with van der Waals surface area (Å²) in [5, 5.41) is 14.6. The van der Waals surface area contributed by atoms with E-state index in [0.29, 0.717) is 0 Å². The molecular formula is C54H32N4. The highest BCUT2D eigenvalue weighted by atomic mass is 15.1. The maximum Gasteiger partial charge on any atom is 0.165 e. The van der Waals surface area contributed by atoms with Gasteiger partial charge in [-0.25, -0.2) is 9.97 Å². The largest absolute Gasteiger partial charge is 0.309 e. The molecule has 3 aromatic heterocycles. The Balaban J connectivity index is 1.15. The van der Waals surface area contributed by atoms with Gasteiger partial charge in [0.05, 0.1) is 33.1 Å². The molecule has 268 valence electrons. The van der Waals surface area contributed by atoms with E-state index in [9.17, 15) is 0 Å². The van der Waals surface area contributed by atoms with E-state index in [1.165, 1.54) is 75.7 Å². The zero-order valence-electron chi connectivity index (χ0n) is 31.3. The molecule has 0 spiro atoms. The molecule has 4 heteroatoms. The van der Waals surface area contributed by atoms with Crippen LogP contribution in [-0.2, 0) is 0 Å². The predicted molar refractivity (Wildman–Crippen MR) is 244 cm³/mol. The third-order valence-corrected chi connectivity index (χ3v) is 12.2. The molecule has 0 fully saturated rings. The first kappa shape index (κ1) is 31.4. The molecule has 3 heterocycles. The summed E-state index contributed by atoms with van der Waals surface area (Å²) < 4.78 is 4.79. The lowest BCUT2D eigenvalue weighted by Gasteiger charge is -2.15. The lowest BCUT2D eigenvalue weighted by atomic mass is 9.99. The van der Waals surface area contributed by atoms with Gasteiger partial charge in [0.25, 0.3) is 0 Å². The summed E-state index contributed by atoms with van der Waals surface area (Å²) in [4.78, 5) is 11.0. The predicted octanol–water partition coefficient (Wildman–Crippen LogP) is 14.1. The Kier molecular flexibility index (Phi) is 6.41. The van der Waals surface area contributed by atoms with Crippen LogP contribution in [0.25, 0.3) is 120 Å². The van der Waals surface area contributed by atoms with Crippen molar-refractivity contribution in [3.8, 4) is 22.8 Å². The third kappa shape index (κ3) is 4.51. The minimum absolute atomic E-state index is 0.805. The molecule has 0 radical (unpaired) electrons. The van der Waals surface area contributed by atoms with Crippen molar-refractivity contribution in [3.63, 3.8) is 0 Å². The maximum absolute atomic E-state index is 5.52. The number of benzene rings is 10. The average Bonchev–Trinajstić information content (AvgIpc) is 3.77. The van der Waals surface area contributed by atoms with Crippen LogP contribution in [0.15, 0.2) is 194 Å². The first-order valence-electron chi connectivity index (χ1n) is 19.8. The summed E-state index contributed by atoms with van der Waals surface area (Å²) in [6, 6.07) is 70.3. The Morgan fingerprint density at radius 1 is 0.293 bits per heavy atom. The zero-order valence-corrected chi connectivity index (χ0v) is 31.3. The van der Waals surface area contributed by atoms with Crippen LogP contribution in [0.5, 0.6) is 0 Å². The summed E-state index contributed by atoms with van der Waals surface area (Å²) >= 11 is 0. The van der Waals surface area contributed by atoms with Gasteiger partial charge in [-0.2, -0.15) is 0 Å². The quantitative estimate of drug-likeness (QED) is 0.169. The lowest BCUT2D eigenvalue weighted by molar-refractivity contribution is 1.08. The van der Waals surface area contributed by atoms with E-state index in [1.54, 1.807) is 0 Å². The lowest BCUT2D eigenvalue weighted by Crippen LogP contribution is -2.04. The van der Waals surface area contributed by atoms with E-state index in [4.69, 9.17) is 9.97 Å². The topological polar surface area (TPSA) is 35.6 Å². The van der Waals surface area contributed by atoms with Crippen LogP contribution in [-0.4, -0.2) is 19.1 Å². The van der Waals surface area contributed by atoms with Crippen molar-refractivity contribution in [2.24, 2.45) is 0 Å². The molecule has 0 aliphatic carbocycles. The fraction of sp³-hybridized carbons (Fsp3) is 0. The molecule has 13 rings (SSSR count). The molecule has 0 atom stereocenters. The Morgan fingerprint density at radius 2 is 0.810 bits per heavy atom. The first-order chi connectivity index (χ1) is 28.7. The second-order valence-electron chi connectivity index (χ2n) is 15.4. The fourth-order valence-electron chi connectivity index (χ4n) is 9.49. The van der Waals surface area contributed by atoms with Gasteiger partial charge in [-0.05, 0) is 104 Å². The molecule has 58 heavy (non-hydrogen) atoms. The van der Waals surface area contributed by atoms with E-state index in [0.717, 1.165) is 44.8 Å². The molecule has 0 saturated carbocycles. The standard InChI is InChI=1S/C54H32N4/c1-3-14-36-30-50-45(28-34(36)12-1)43-17-7-10-20-49(43)57(50)40-24-26-44-46-29-35-13-2-4-15-37(35)31-51(46)58(52(44)32-40)54-53(55-47-18-8-9-19-48(47)56-54)39-23-25-42-38(27-39)22-21-33-11-5-6-16-41(33)42/h1-32H. The van der Waals surface area contributed by atoms with Crippen LogP contribution in [0.2, 0.25) is 0 Å². The molecular weight excluding hydrogens is 705 g/mol. The molecule has 4 nitrogen and oxygen atoms in total. The molecule has 0 bridgehead atoms. The number of hydrogen-bond acceptors (Lipinski definition) is 2. The number of hydrogen-bond donors (Lipinski definition) is 0. The Morgan fingerprint density at radius 3 is 1.55 bits per heavy atom. The van der Waals surface area contributed by atoms with Crippen molar-refractivity contribution in [2.45, 2.75) is 0 Å². The van der Waals surface area contributed by atoms with Gasteiger partial charge < -0.3 is 4.57 Å². The maximum atomic E-state index is 5.52. The SMILES string of the molecule is c1ccc2cc3c(cc2c1)c1ccccc1n3-c1ccc2c3cc4ccccc4cc3n(-c3nc4ccccc4nc3-c3ccc4c(ccc5ccccc54)c3)c2c1. The van der Waals surface area contributed by atoms with Crippen molar-refractivity contribution in [1.82, 2.24) is 19.1 Å². The van der Waals surface area contributed by atoms with E-state index >= 15 is 0 Å². The Hall–Kier alpha value is -7.82. The minimum Gasteiger partial charge on any atom is -0.309 e. The van der Waals surface area contributed by atoms with Crippen molar-refractivity contribution < 1.29 is 0 Å². The number of aromatic nitrogens is 4. The monoisotopic (exact) mass is 736 g/mol. The average molecular weight is 737 g/mol.